The number of carbonyl (C=O) groups excluding carboxylic acids is 1. The van der Waals surface area contributed by atoms with Crippen molar-refractivity contribution in [3.8, 4) is 0 Å². The minimum atomic E-state index is 0.316. The summed E-state index contributed by atoms with van der Waals surface area (Å²) in [5.74, 6) is 0.687. The SMILES string of the molecule is CC1CC(=O)C2=C1c1cccc3cccc2c13. The maximum Gasteiger partial charge on any atom is 0.164 e. The lowest BCUT2D eigenvalue weighted by atomic mass is 9.94. The van der Waals surface area contributed by atoms with E-state index in [9.17, 15) is 4.79 Å². The first kappa shape index (κ1) is 9.17. The van der Waals surface area contributed by atoms with Crippen LogP contribution in [0.4, 0.5) is 0 Å². The molecular formula is C16H12O. The second kappa shape index (κ2) is 2.86. The number of rotatable bonds is 0. The molecule has 2 aliphatic rings. The molecule has 0 radical (unpaired) electrons. The highest BCUT2D eigenvalue weighted by molar-refractivity contribution is 6.38. The molecule has 0 spiro atoms. The molecule has 82 valence electrons. The van der Waals surface area contributed by atoms with Crippen molar-refractivity contribution in [3.05, 3.63) is 47.5 Å². The summed E-state index contributed by atoms with van der Waals surface area (Å²) in [6.45, 7) is 2.16. The molecule has 2 aliphatic carbocycles. The number of Topliss-reactive ketones (excluding diaryl/α,β-unsaturated/α-hetero) is 1. The van der Waals surface area contributed by atoms with E-state index in [1.54, 1.807) is 0 Å². The monoisotopic (exact) mass is 220 g/mol. The van der Waals surface area contributed by atoms with E-state index in [1.165, 1.54) is 21.9 Å². The zero-order valence-electron chi connectivity index (χ0n) is 9.66. The van der Waals surface area contributed by atoms with Gasteiger partial charge in [0.2, 0.25) is 0 Å². The van der Waals surface area contributed by atoms with Gasteiger partial charge < -0.3 is 0 Å². The fraction of sp³-hybridized carbons (Fsp3) is 0.188. The fourth-order valence-electron chi connectivity index (χ4n) is 3.35. The van der Waals surface area contributed by atoms with E-state index >= 15 is 0 Å². The van der Waals surface area contributed by atoms with Crippen molar-refractivity contribution in [2.45, 2.75) is 13.3 Å². The van der Waals surface area contributed by atoms with Gasteiger partial charge in [-0.3, -0.25) is 4.79 Å². The Hall–Kier alpha value is -1.89. The minimum Gasteiger partial charge on any atom is -0.294 e. The Kier molecular flexibility index (Phi) is 1.54. The summed E-state index contributed by atoms with van der Waals surface area (Å²) in [5, 5.41) is 2.52. The Labute approximate surface area is 99.8 Å². The third-order valence-electron chi connectivity index (χ3n) is 4.00. The van der Waals surface area contributed by atoms with Crippen LogP contribution in [0.3, 0.4) is 0 Å². The van der Waals surface area contributed by atoms with Gasteiger partial charge in [0, 0.05) is 12.0 Å². The average Bonchev–Trinajstić information content (AvgIpc) is 2.81. The van der Waals surface area contributed by atoms with Crippen molar-refractivity contribution in [3.63, 3.8) is 0 Å². The second-order valence-corrected chi connectivity index (χ2v) is 5.03. The molecule has 1 heteroatoms. The summed E-state index contributed by atoms with van der Waals surface area (Å²) < 4.78 is 0. The molecule has 2 aromatic rings. The highest BCUT2D eigenvalue weighted by Gasteiger charge is 2.36. The molecule has 1 unspecified atom stereocenters. The predicted molar refractivity (Wildman–Crippen MR) is 69.6 cm³/mol. The normalized spacial score (nSPS) is 21.5. The van der Waals surface area contributed by atoms with Crippen molar-refractivity contribution >= 4 is 27.7 Å². The van der Waals surface area contributed by atoms with Gasteiger partial charge in [-0.2, -0.15) is 0 Å². The number of fused-ring (bicyclic) bond motifs is 2. The van der Waals surface area contributed by atoms with E-state index < -0.39 is 0 Å². The lowest BCUT2D eigenvalue weighted by Crippen LogP contribution is -1.98. The number of hydrogen-bond acceptors (Lipinski definition) is 1. The van der Waals surface area contributed by atoms with Crippen LogP contribution in [-0.4, -0.2) is 5.78 Å². The zero-order chi connectivity index (χ0) is 11.6. The summed E-state index contributed by atoms with van der Waals surface area (Å²) in [6, 6.07) is 12.6. The Morgan fingerprint density at radius 2 is 1.76 bits per heavy atom. The van der Waals surface area contributed by atoms with Gasteiger partial charge in [0.1, 0.15) is 0 Å². The average molecular weight is 220 g/mol. The van der Waals surface area contributed by atoms with Gasteiger partial charge in [0.15, 0.2) is 5.78 Å². The molecule has 0 heterocycles. The van der Waals surface area contributed by atoms with Gasteiger partial charge in [-0.05, 0) is 33.4 Å². The molecule has 1 nitrogen and oxygen atoms in total. The van der Waals surface area contributed by atoms with Crippen molar-refractivity contribution in [1.82, 2.24) is 0 Å². The van der Waals surface area contributed by atoms with Crippen LogP contribution in [-0.2, 0) is 4.79 Å². The lowest BCUT2D eigenvalue weighted by molar-refractivity contribution is -0.113. The molecule has 0 saturated heterocycles. The summed E-state index contributed by atoms with van der Waals surface area (Å²) >= 11 is 0. The minimum absolute atomic E-state index is 0.316. The zero-order valence-corrected chi connectivity index (χ0v) is 9.66. The van der Waals surface area contributed by atoms with Crippen LogP contribution in [0.2, 0.25) is 0 Å². The highest BCUT2D eigenvalue weighted by Crippen LogP contribution is 2.50. The molecule has 0 saturated carbocycles. The number of ketones is 1. The van der Waals surface area contributed by atoms with Crippen LogP contribution in [0.25, 0.3) is 21.9 Å². The highest BCUT2D eigenvalue weighted by atomic mass is 16.1. The third kappa shape index (κ3) is 0.973. The first-order valence-electron chi connectivity index (χ1n) is 6.07. The van der Waals surface area contributed by atoms with E-state index in [0.29, 0.717) is 18.1 Å². The third-order valence-corrected chi connectivity index (χ3v) is 4.00. The molecule has 4 rings (SSSR count). The topological polar surface area (TPSA) is 17.1 Å². The molecule has 2 aromatic carbocycles. The van der Waals surface area contributed by atoms with Crippen LogP contribution in [0.15, 0.2) is 36.4 Å². The van der Waals surface area contributed by atoms with Crippen LogP contribution in [0, 0.1) is 5.92 Å². The van der Waals surface area contributed by atoms with E-state index in [1.807, 2.05) is 6.07 Å². The summed E-state index contributed by atoms with van der Waals surface area (Å²) in [6.07, 6.45) is 0.676. The van der Waals surface area contributed by atoms with Crippen molar-refractivity contribution in [1.29, 1.82) is 0 Å². The standard InChI is InChI=1S/C16H12O/c1-9-8-13(17)16-12-7-3-5-10-4-2-6-11(14(9)16)15(10)12/h2-7,9H,8H2,1H3. The Bertz CT molecular complexity index is 701. The summed E-state index contributed by atoms with van der Waals surface area (Å²) in [7, 11) is 0. The smallest absolute Gasteiger partial charge is 0.164 e. The fourth-order valence-corrected chi connectivity index (χ4v) is 3.35. The van der Waals surface area contributed by atoms with Crippen molar-refractivity contribution < 1.29 is 4.79 Å². The Balaban J connectivity index is 2.20. The van der Waals surface area contributed by atoms with Crippen molar-refractivity contribution in [2.75, 3.05) is 0 Å². The summed E-state index contributed by atoms with van der Waals surface area (Å²) in [5.41, 5.74) is 4.71. The molecule has 0 bridgehead atoms. The Morgan fingerprint density at radius 3 is 2.53 bits per heavy atom. The molecule has 1 atom stereocenters. The molecule has 0 amide bonds. The largest absolute Gasteiger partial charge is 0.294 e. The molecule has 0 fully saturated rings. The van der Waals surface area contributed by atoms with Crippen LogP contribution < -0.4 is 0 Å². The van der Waals surface area contributed by atoms with Crippen molar-refractivity contribution in [2.24, 2.45) is 5.92 Å². The summed E-state index contributed by atoms with van der Waals surface area (Å²) in [4.78, 5) is 12.1. The van der Waals surface area contributed by atoms with Gasteiger partial charge in [-0.15, -0.1) is 0 Å². The number of benzene rings is 2. The predicted octanol–water partition coefficient (Wildman–Crippen LogP) is 3.67. The Morgan fingerprint density at radius 1 is 1.06 bits per heavy atom. The van der Waals surface area contributed by atoms with E-state index in [2.05, 4.69) is 37.3 Å². The van der Waals surface area contributed by atoms with Gasteiger partial charge in [-0.1, -0.05) is 43.3 Å². The van der Waals surface area contributed by atoms with Crippen LogP contribution >= 0.6 is 0 Å². The molecule has 0 aromatic heterocycles. The number of allylic oxidation sites excluding steroid dienone is 2. The van der Waals surface area contributed by atoms with E-state index in [0.717, 1.165) is 11.1 Å². The second-order valence-electron chi connectivity index (χ2n) is 5.03. The van der Waals surface area contributed by atoms with E-state index in [-0.39, 0.29) is 0 Å². The first-order chi connectivity index (χ1) is 8.27. The molecule has 17 heavy (non-hydrogen) atoms. The van der Waals surface area contributed by atoms with Crippen LogP contribution in [0.1, 0.15) is 24.5 Å². The maximum atomic E-state index is 12.1. The number of hydrogen-bond donors (Lipinski definition) is 0. The number of carbonyl (C=O) groups is 1. The van der Waals surface area contributed by atoms with Gasteiger partial charge in [0.25, 0.3) is 0 Å². The van der Waals surface area contributed by atoms with Gasteiger partial charge in [-0.25, -0.2) is 0 Å². The van der Waals surface area contributed by atoms with Gasteiger partial charge >= 0.3 is 0 Å². The molecule has 0 aliphatic heterocycles. The molecule has 0 N–H and O–H groups in total. The lowest BCUT2D eigenvalue weighted by Gasteiger charge is -2.09. The van der Waals surface area contributed by atoms with E-state index in [4.69, 9.17) is 0 Å². The van der Waals surface area contributed by atoms with Gasteiger partial charge in [0.05, 0.1) is 0 Å². The van der Waals surface area contributed by atoms with Crippen LogP contribution in [0.5, 0.6) is 0 Å². The maximum absolute atomic E-state index is 12.1. The quantitative estimate of drug-likeness (QED) is 0.662. The first-order valence-corrected chi connectivity index (χ1v) is 6.07. The molecular weight excluding hydrogens is 208 g/mol.